The quantitative estimate of drug-likeness (QED) is 0.136. The van der Waals surface area contributed by atoms with E-state index in [-0.39, 0.29) is 17.9 Å². The topological polar surface area (TPSA) is 75.7 Å². The number of nitrogens with two attached hydrogens (primary N) is 1. The molecule has 8 unspecified atom stereocenters. The predicted molar refractivity (Wildman–Crippen MR) is 150 cm³/mol. The minimum atomic E-state index is 0.118. The molecule has 0 aliphatic carbocycles. The van der Waals surface area contributed by atoms with E-state index in [0.29, 0.717) is 53.9 Å². The molecule has 0 radical (unpaired) electrons. The fraction of sp³-hybridized carbons (Fsp3) is 1.00. The maximum absolute atomic E-state index is 10.8. The SMILES string of the molecule is CC(C)CC(C)(CCCCN)C(CO)CC(CCCN=O)C(C)C(C)C(C)C(C)C(C)C(C)C. The van der Waals surface area contributed by atoms with E-state index in [2.05, 4.69) is 74.4 Å². The number of aliphatic hydroxyl groups excluding tert-OH is 1. The summed E-state index contributed by atoms with van der Waals surface area (Å²) in [7, 11) is 0. The predicted octanol–water partition coefficient (Wildman–Crippen LogP) is 8.17. The third kappa shape index (κ3) is 11.1. The number of nitroso groups, excluding NO2 is 1. The molecular formula is C30H62N2O2. The number of hydrogen-bond donors (Lipinski definition) is 2. The van der Waals surface area contributed by atoms with Gasteiger partial charge in [0.15, 0.2) is 0 Å². The van der Waals surface area contributed by atoms with E-state index in [9.17, 15) is 10.0 Å². The van der Waals surface area contributed by atoms with Crippen molar-refractivity contribution in [1.82, 2.24) is 0 Å². The summed E-state index contributed by atoms with van der Waals surface area (Å²) in [5.41, 5.74) is 5.92. The molecule has 0 amide bonds. The normalized spacial score (nSPS) is 20.4. The second kappa shape index (κ2) is 17.1. The van der Waals surface area contributed by atoms with Crippen molar-refractivity contribution >= 4 is 0 Å². The highest BCUT2D eigenvalue weighted by Crippen LogP contribution is 2.46. The van der Waals surface area contributed by atoms with Gasteiger partial charge in [0.2, 0.25) is 0 Å². The van der Waals surface area contributed by atoms with Crippen molar-refractivity contribution in [2.45, 2.75) is 114 Å². The van der Waals surface area contributed by atoms with Gasteiger partial charge in [0, 0.05) is 6.61 Å². The molecule has 0 aromatic carbocycles. The molecule has 4 heteroatoms. The van der Waals surface area contributed by atoms with Crippen LogP contribution < -0.4 is 5.73 Å². The molecule has 0 bridgehead atoms. The highest BCUT2D eigenvalue weighted by Gasteiger charge is 2.38. The molecule has 0 aromatic heterocycles. The van der Waals surface area contributed by atoms with Gasteiger partial charge in [0.05, 0.1) is 6.54 Å². The Morgan fingerprint density at radius 3 is 1.85 bits per heavy atom. The van der Waals surface area contributed by atoms with E-state index in [1.165, 1.54) is 0 Å². The average Bonchev–Trinajstić information content (AvgIpc) is 2.78. The van der Waals surface area contributed by atoms with Gasteiger partial charge < -0.3 is 10.8 Å². The van der Waals surface area contributed by atoms with Crippen LogP contribution in [-0.2, 0) is 0 Å². The van der Waals surface area contributed by atoms with Crippen molar-refractivity contribution < 1.29 is 5.11 Å². The van der Waals surface area contributed by atoms with Gasteiger partial charge in [-0.15, -0.1) is 0 Å². The second-order valence-electron chi connectivity index (χ2n) is 12.9. The third-order valence-corrected chi connectivity index (χ3v) is 9.81. The zero-order valence-corrected chi connectivity index (χ0v) is 24.6. The minimum absolute atomic E-state index is 0.118. The summed E-state index contributed by atoms with van der Waals surface area (Å²) < 4.78 is 0. The fourth-order valence-corrected chi connectivity index (χ4v) is 6.51. The molecule has 34 heavy (non-hydrogen) atoms. The number of rotatable bonds is 20. The van der Waals surface area contributed by atoms with Crippen molar-refractivity contribution in [3.05, 3.63) is 4.91 Å². The van der Waals surface area contributed by atoms with E-state index in [1.54, 1.807) is 0 Å². The van der Waals surface area contributed by atoms with Crippen LogP contribution in [0.4, 0.5) is 0 Å². The smallest absolute Gasteiger partial charge is 0.0811 e. The van der Waals surface area contributed by atoms with Crippen LogP contribution in [0.5, 0.6) is 0 Å². The number of unbranched alkanes of at least 4 members (excludes halogenated alkanes) is 1. The van der Waals surface area contributed by atoms with Gasteiger partial charge in [0.1, 0.15) is 0 Å². The molecule has 0 saturated carbocycles. The van der Waals surface area contributed by atoms with Crippen LogP contribution in [0.15, 0.2) is 5.18 Å². The van der Waals surface area contributed by atoms with Crippen molar-refractivity contribution in [2.24, 2.45) is 69.6 Å². The van der Waals surface area contributed by atoms with Gasteiger partial charge in [-0.05, 0) is 104 Å². The van der Waals surface area contributed by atoms with Gasteiger partial charge >= 0.3 is 0 Å². The lowest BCUT2D eigenvalue weighted by Gasteiger charge is -2.43. The summed E-state index contributed by atoms with van der Waals surface area (Å²) in [4.78, 5) is 10.8. The Kier molecular flexibility index (Phi) is 16.8. The third-order valence-electron chi connectivity index (χ3n) is 9.81. The lowest BCUT2D eigenvalue weighted by molar-refractivity contribution is 0.0311. The Morgan fingerprint density at radius 1 is 0.824 bits per heavy atom. The average molecular weight is 483 g/mol. The first-order valence-corrected chi connectivity index (χ1v) is 14.5. The molecule has 0 rings (SSSR count). The van der Waals surface area contributed by atoms with Gasteiger partial charge in [-0.3, -0.25) is 0 Å². The summed E-state index contributed by atoms with van der Waals surface area (Å²) in [6.07, 6.45) is 7.35. The van der Waals surface area contributed by atoms with E-state index >= 15 is 0 Å². The lowest BCUT2D eigenvalue weighted by Crippen LogP contribution is -2.37. The zero-order chi connectivity index (χ0) is 26.5. The molecule has 0 aliphatic heterocycles. The summed E-state index contributed by atoms with van der Waals surface area (Å²) >= 11 is 0. The monoisotopic (exact) mass is 482 g/mol. The van der Waals surface area contributed by atoms with E-state index < -0.39 is 0 Å². The first-order chi connectivity index (χ1) is 15.9. The first kappa shape index (κ1) is 33.5. The molecule has 0 heterocycles. The maximum Gasteiger partial charge on any atom is 0.0811 e. The molecule has 0 saturated heterocycles. The lowest BCUT2D eigenvalue weighted by atomic mass is 9.62. The highest BCUT2D eigenvalue weighted by molar-refractivity contribution is 4.88. The minimum Gasteiger partial charge on any atom is -0.396 e. The van der Waals surface area contributed by atoms with Gasteiger partial charge in [0.25, 0.3) is 0 Å². The fourth-order valence-electron chi connectivity index (χ4n) is 6.51. The van der Waals surface area contributed by atoms with Crippen molar-refractivity contribution in [3.63, 3.8) is 0 Å². The molecule has 0 fully saturated rings. The highest BCUT2D eigenvalue weighted by atomic mass is 16.3. The molecule has 0 spiro atoms. The largest absolute Gasteiger partial charge is 0.396 e. The van der Waals surface area contributed by atoms with E-state index in [4.69, 9.17) is 5.73 Å². The van der Waals surface area contributed by atoms with Crippen LogP contribution in [0.25, 0.3) is 0 Å². The number of nitrogens with zero attached hydrogens (tertiary/aromatic N) is 1. The second-order valence-corrected chi connectivity index (χ2v) is 12.9. The summed E-state index contributed by atoms with van der Waals surface area (Å²) in [6.45, 7) is 25.2. The van der Waals surface area contributed by atoms with Gasteiger partial charge in [-0.2, -0.15) is 4.91 Å². The van der Waals surface area contributed by atoms with Gasteiger partial charge in [-0.25, -0.2) is 0 Å². The molecule has 3 N–H and O–H groups in total. The van der Waals surface area contributed by atoms with E-state index in [0.717, 1.165) is 51.5 Å². The Labute approximate surface area is 213 Å². The van der Waals surface area contributed by atoms with Crippen LogP contribution in [-0.4, -0.2) is 24.8 Å². The summed E-state index contributed by atoms with van der Waals surface area (Å²) in [5, 5.41) is 13.8. The Hall–Kier alpha value is -0.480. The zero-order valence-electron chi connectivity index (χ0n) is 24.6. The van der Waals surface area contributed by atoms with Crippen LogP contribution in [0.2, 0.25) is 0 Å². The molecule has 4 nitrogen and oxygen atoms in total. The molecule has 204 valence electrons. The van der Waals surface area contributed by atoms with Crippen molar-refractivity contribution in [1.29, 1.82) is 0 Å². The van der Waals surface area contributed by atoms with Crippen LogP contribution in [0, 0.1) is 63.6 Å². The van der Waals surface area contributed by atoms with Crippen molar-refractivity contribution in [3.8, 4) is 0 Å². The first-order valence-electron chi connectivity index (χ1n) is 14.5. The summed E-state index contributed by atoms with van der Waals surface area (Å²) in [6, 6.07) is 0. The van der Waals surface area contributed by atoms with Gasteiger partial charge in [-0.1, -0.05) is 80.8 Å². The molecular weight excluding hydrogens is 420 g/mol. The Morgan fingerprint density at radius 2 is 1.38 bits per heavy atom. The summed E-state index contributed by atoms with van der Waals surface area (Å²) in [5.74, 6) is 5.22. The Bertz CT molecular complexity index is 524. The molecule has 0 aliphatic rings. The van der Waals surface area contributed by atoms with Crippen LogP contribution in [0.1, 0.15) is 114 Å². The maximum atomic E-state index is 10.8. The number of aliphatic hydroxyl groups is 1. The number of hydrogen-bond acceptors (Lipinski definition) is 4. The van der Waals surface area contributed by atoms with E-state index in [1.807, 2.05) is 0 Å². The molecule has 0 aromatic rings. The van der Waals surface area contributed by atoms with Crippen LogP contribution in [0.3, 0.4) is 0 Å². The molecule has 8 atom stereocenters. The Balaban J connectivity index is 5.75. The van der Waals surface area contributed by atoms with Crippen LogP contribution >= 0.6 is 0 Å². The standard InChI is InChI=1S/C30H62N2O2/c1-21(2)19-30(10,15-11-12-16-31)29(20-33)18-28(14-13-17-32-34)27(9)26(8)25(7)24(6)23(5)22(3)4/h21-29,33H,11-20,31H2,1-10H3. The van der Waals surface area contributed by atoms with Crippen molar-refractivity contribution in [2.75, 3.05) is 19.7 Å².